The van der Waals surface area contributed by atoms with Crippen LogP contribution >= 0.6 is 0 Å². The Morgan fingerprint density at radius 1 is 0.917 bits per heavy atom. The zero-order valence-electron chi connectivity index (χ0n) is 14.1. The van der Waals surface area contributed by atoms with Gasteiger partial charge in [-0.05, 0) is 32.1 Å². The number of nitrogens with one attached hydrogen (secondary N) is 1. The van der Waals surface area contributed by atoms with E-state index in [4.69, 9.17) is 0 Å². The maximum atomic E-state index is 12.7. The lowest BCUT2D eigenvalue weighted by Gasteiger charge is -2.35. The third-order valence-corrected chi connectivity index (χ3v) is 5.36. The largest absolute Gasteiger partial charge is 0.342 e. The van der Waals surface area contributed by atoms with Gasteiger partial charge in [-0.1, -0.05) is 0 Å². The van der Waals surface area contributed by atoms with Crippen molar-refractivity contribution in [1.29, 1.82) is 0 Å². The molecule has 0 unspecified atom stereocenters. The molecule has 0 spiro atoms. The molecule has 0 saturated carbocycles. The highest BCUT2D eigenvalue weighted by Crippen LogP contribution is 2.21. The van der Waals surface area contributed by atoms with Crippen LogP contribution in [0.3, 0.4) is 0 Å². The minimum Gasteiger partial charge on any atom is -0.342 e. The molecule has 7 nitrogen and oxygen atoms in total. The molecule has 1 aromatic rings. The number of aromatic amines is 1. The number of hydrogen-bond acceptors (Lipinski definition) is 4. The van der Waals surface area contributed by atoms with Crippen molar-refractivity contribution >= 4 is 12.0 Å². The van der Waals surface area contributed by atoms with Gasteiger partial charge in [0.1, 0.15) is 0 Å². The number of anilines is 1. The first-order valence-electron chi connectivity index (χ1n) is 9.13. The van der Waals surface area contributed by atoms with Crippen LogP contribution in [-0.2, 0) is 13.0 Å². The van der Waals surface area contributed by atoms with Gasteiger partial charge in [-0.2, -0.15) is 0 Å². The van der Waals surface area contributed by atoms with E-state index in [2.05, 4.69) is 14.9 Å². The van der Waals surface area contributed by atoms with Gasteiger partial charge in [0.05, 0.1) is 17.8 Å². The fourth-order valence-corrected chi connectivity index (χ4v) is 3.94. The monoisotopic (exact) mass is 331 g/mol. The lowest BCUT2D eigenvalue weighted by molar-refractivity contribution is 0.138. The number of amides is 2. The summed E-state index contributed by atoms with van der Waals surface area (Å²) in [6.45, 7) is 4.63. The maximum absolute atomic E-state index is 12.7. The molecule has 0 aliphatic carbocycles. The minimum atomic E-state index is -0.0851. The van der Waals surface area contributed by atoms with Gasteiger partial charge in [-0.25, -0.2) is 9.78 Å². The van der Waals surface area contributed by atoms with Crippen LogP contribution in [0.25, 0.3) is 0 Å². The molecular formula is C17H25N5O2. The molecule has 4 heterocycles. The SMILES string of the molecule is O=C(N1CCCCC1)N1CCc2nc(N3CCCC3)[nH]c(=O)c2C1. The first-order chi connectivity index (χ1) is 11.7. The lowest BCUT2D eigenvalue weighted by atomic mass is 10.1. The normalized spacial score (nSPS) is 21.1. The lowest BCUT2D eigenvalue weighted by Crippen LogP contribution is -2.48. The van der Waals surface area contributed by atoms with Crippen molar-refractivity contribution in [3.05, 3.63) is 21.6 Å². The molecule has 4 rings (SSSR count). The van der Waals surface area contributed by atoms with Gasteiger partial charge in [0.25, 0.3) is 5.56 Å². The van der Waals surface area contributed by atoms with E-state index < -0.39 is 0 Å². The third-order valence-electron chi connectivity index (χ3n) is 5.36. The molecule has 7 heteroatoms. The number of rotatable bonds is 1. The number of hydrogen-bond donors (Lipinski definition) is 1. The number of aromatic nitrogens is 2. The molecule has 0 bridgehead atoms. The van der Waals surface area contributed by atoms with Crippen LogP contribution in [0.1, 0.15) is 43.4 Å². The van der Waals surface area contributed by atoms with Crippen molar-refractivity contribution in [1.82, 2.24) is 19.8 Å². The van der Waals surface area contributed by atoms with Crippen LogP contribution < -0.4 is 10.5 Å². The molecule has 130 valence electrons. The van der Waals surface area contributed by atoms with Gasteiger partial charge >= 0.3 is 6.03 Å². The van der Waals surface area contributed by atoms with E-state index >= 15 is 0 Å². The van der Waals surface area contributed by atoms with Crippen LogP contribution in [0.15, 0.2) is 4.79 Å². The molecule has 1 N–H and O–H groups in total. The number of likely N-dealkylation sites (tertiary alicyclic amines) is 1. The van der Waals surface area contributed by atoms with Gasteiger partial charge in [-0.3, -0.25) is 9.78 Å². The zero-order chi connectivity index (χ0) is 16.5. The van der Waals surface area contributed by atoms with E-state index in [0.29, 0.717) is 31.0 Å². The summed E-state index contributed by atoms with van der Waals surface area (Å²) < 4.78 is 0. The van der Waals surface area contributed by atoms with Crippen LogP contribution in [-0.4, -0.2) is 58.5 Å². The molecule has 2 amide bonds. The summed E-state index contributed by atoms with van der Waals surface area (Å²) in [5, 5.41) is 0. The predicted molar refractivity (Wildman–Crippen MR) is 91.2 cm³/mol. The molecule has 24 heavy (non-hydrogen) atoms. The Labute approximate surface area is 141 Å². The number of carbonyl (C=O) groups is 1. The highest BCUT2D eigenvalue weighted by Gasteiger charge is 2.29. The van der Waals surface area contributed by atoms with Gasteiger partial charge in [0.15, 0.2) is 0 Å². The fraction of sp³-hybridized carbons (Fsp3) is 0.706. The number of piperidine rings is 1. The molecule has 0 radical (unpaired) electrons. The number of urea groups is 1. The summed E-state index contributed by atoms with van der Waals surface area (Å²) in [5.74, 6) is 0.701. The number of nitrogens with zero attached hydrogens (tertiary/aromatic N) is 4. The average Bonchev–Trinajstić information content (AvgIpc) is 3.16. The molecule has 0 atom stereocenters. The van der Waals surface area contributed by atoms with Crippen molar-refractivity contribution in [3.63, 3.8) is 0 Å². The van der Waals surface area contributed by atoms with E-state index in [-0.39, 0.29) is 11.6 Å². The van der Waals surface area contributed by atoms with E-state index in [0.717, 1.165) is 57.6 Å². The van der Waals surface area contributed by atoms with Crippen molar-refractivity contribution in [2.24, 2.45) is 0 Å². The van der Waals surface area contributed by atoms with E-state index in [1.54, 1.807) is 4.90 Å². The predicted octanol–water partition coefficient (Wildman–Crippen LogP) is 1.33. The smallest absolute Gasteiger partial charge is 0.320 e. The summed E-state index contributed by atoms with van der Waals surface area (Å²) in [7, 11) is 0. The first kappa shape index (κ1) is 15.5. The summed E-state index contributed by atoms with van der Waals surface area (Å²) in [5.41, 5.74) is 1.44. The van der Waals surface area contributed by atoms with E-state index in [9.17, 15) is 9.59 Å². The molecular weight excluding hydrogens is 306 g/mol. The standard InChI is InChI=1S/C17H25N5O2/c23-15-13-12-22(17(24)21-9-2-1-3-10-21)11-6-14(13)18-16(19-15)20-7-4-5-8-20/h1-12H2,(H,18,19,23). The molecule has 3 aliphatic heterocycles. The average molecular weight is 331 g/mol. The molecule has 2 fully saturated rings. The van der Waals surface area contributed by atoms with Crippen LogP contribution in [0, 0.1) is 0 Å². The van der Waals surface area contributed by atoms with Gasteiger partial charge < -0.3 is 14.7 Å². The van der Waals surface area contributed by atoms with Gasteiger partial charge in [0, 0.05) is 39.1 Å². The topological polar surface area (TPSA) is 72.5 Å². The Bertz CT molecular complexity index is 674. The number of H-pyrrole nitrogens is 1. The fourth-order valence-electron chi connectivity index (χ4n) is 3.94. The minimum absolute atomic E-state index is 0.0726. The summed E-state index contributed by atoms with van der Waals surface area (Å²) >= 11 is 0. The Kier molecular flexibility index (Phi) is 4.16. The number of fused-ring (bicyclic) bond motifs is 1. The van der Waals surface area contributed by atoms with Crippen molar-refractivity contribution in [2.75, 3.05) is 37.6 Å². The summed E-state index contributed by atoms with van der Waals surface area (Å²) in [6, 6.07) is 0.0726. The quantitative estimate of drug-likeness (QED) is 0.843. The Morgan fingerprint density at radius 2 is 1.62 bits per heavy atom. The Balaban J connectivity index is 1.52. The van der Waals surface area contributed by atoms with Gasteiger partial charge in [-0.15, -0.1) is 0 Å². The van der Waals surface area contributed by atoms with Crippen molar-refractivity contribution < 1.29 is 4.79 Å². The van der Waals surface area contributed by atoms with E-state index in [1.807, 2.05) is 4.90 Å². The first-order valence-corrected chi connectivity index (χ1v) is 9.13. The maximum Gasteiger partial charge on any atom is 0.320 e. The summed E-state index contributed by atoms with van der Waals surface area (Å²) in [4.78, 5) is 38.7. The summed E-state index contributed by atoms with van der Waals surface area (Å²) in [6.07, 6.45) is 6.34. The second kappa shape index (κ2) is 6.45. The van der Waals surface area contributed by atoms with Crippen LogP contribution in [0.5, 0.6) is 0 Å². The molecule has 3 aliphatic rings. The Morgan fingerprint density at radius 3 is 2.38 bits per heavy atom. The Hall–Kier alpha value is -2.05. The molecule has 1 aromatic heterocycles. The second-order valence-electron chi connectivity index (χ2n) is 7.01. The highest BCUT2D eigenvalue weighted by atomic mass is 16.2. The third kappa shape index (κ3) is 2.87. The van der Waals surface area contributed by atoms with Crippen molar-refractivity contribution in [2.45, 2.75) is 45.1 Å². The highest BCUT2D eigenvalue weighted by molar-refractivity contribution is 5.75. The van der Waals surface area contributed by atoms with E-state index in [1.165, 1.54) is 6.42 Å². The molecule has 0 aromatic carbocycles. The second-order valence-corrected chi connectivity index (χ2v) is 7.01. The van der Waals surface area contributed by atoms with Crippen LogP contribution in [0.2, 0.25) is 0 Å². The zero-order valence-corrected chi connectivity index (χ0v) is 14.1. The van der Waals surface area contributed by atoms with Crippen LogP contribution in [0.4, 0.5) is 10.7 Å². The van der Waals surface area contributed by atoms with Gasteiger partial charge in [0.2, 0.25) is 5.95 Å². The molecule has 2 saturated heterocycles. The number of carbonyl (C=O) groups excluding carboxylic acids is 1. The van der Waals surface area contributed by atoms with Crippen molar-refractivity contribution in [3.8, 4) is 0 Å².